The Kier molecular flexibility index (Phi) is 5.59. The van der Waals surface area contributed by atoms with Crippen molar-refractivity contribution >= 4 is 5.69 Å². The molecule has 0 atom stereocenters. The number of rotatable bonds is 6. The van der Waals surface area contributed by atoms with Gasteiger partial charge in [-0.1, -0.05) is 19.1 Å². The Morgan fingerprint density at radius 3 is 2.43 bits per heavy atom. The molecule has 1 aliphatic rings. The zero-order chi connectivity index (χ0) is 15.3. The van der Waals surface area contributed by atoms with Crippen molar-refractivity contribution in [2.75, 3.05) is 44.2 Å². The summed E-state index contributed by atoms with van der Waals surface area (Å²) < 4.78 is 13.8. The lowest BCUT2D eigenvalue weighted by Gasteiger charge is -2.37. The van der Waals surface area contributed by atoms with Crippen molar-refractivity contribution in [3.63, 3.8) is 0 Å². The molecule has 0 spiro atoms. The summed E-state index contributed by atoms with van der Waals surface area (Å²) in [6, 6.07) is 7.06. The van der Waals surface area contributed by atoms with E-state index in [9.17, 15) is 4.39 Å². The number of hydrogen-bond acceptors (Lipinski definition) is 3. The second-order valence-electron chi connectivity index (χ2n) is 6.44. The Bertz CT molecular complexity index is 439. The Morgan fingerprint density at radius 2 is 1.81 bits per heavy atom. The van der Waals surface area contributed by atoms with Gasteiger partial charge in [0.1, 0.15) is 5.82 Å². The van der Waals surface area contributed by atoms with Gasteiger partial charge in [-0.05, 0) is 32.4 Å². The maximum absolute atomic E-state index is 13.8. The first kappa shape index (κ1) is 16.2. The number of para-hydroxylation sites is 1. The summed E-state index contributed by atoms with van der Waals surface area (Å²) in [6.45, 7) is 12.6. The fourth-order valence-electron chi connectivity index (χ4n) is 2.60. The van der Waals surface area contributed by atoms with E-state index in [0.29, 0.717) is 0 Å². The van der Waals surface area contributed by atoms with Crippen molar-refractivity contribution in [3.8, 4) is 0 Å². The third-order valence-corrected chi connectivity index (χ3v) is 4.48. The molecule has 1 aliphatic heterocycles. The zero-order valence-electron chi connectivity index (χ0n) is 13.5. The second kappa shape index (κ2) is 7.23. The molecule has 0 unspecified atom stereocenters. The molecule has 1 aromatic carbocycles. The summed E-state index contributed by atoms with van der Waals surface area (Å²) in [7, 11) is 0. The second-order valence-corrected chi connectivity index (χ2v) is 6.44. The van der Waals surface area contributed by atoms with E-state index >= 15 is 0 Å². The van der Waals surface area contributed by atoms with Crippen LogP contribution in [0.5, 0.6) is 0 Å². The van der Waals surface area contributed by atoms with Crippen LogP contribution in [0.2, 0.25) is 0 Å². The molecule has 4 heteroatoms. The molecule has 0 saturated carbocycles. The standard InChI is InChI=1S/C17H28FN3/c1-4-17(2,3)19-9-10-20-11-13-21(14-12-20)16-8-6-5-7-15(16)18/h5-8,19H,4,9-14H2,1-3H3. The molecular formula is C17H28FN3. The van der Waals surface area contributed by atoms with Gasteiger partial charge in [0.2, 0.25) is 0 Å². The Balaban J connectivity index is 1.75. The van der Waals surface area contributed by atoms with Crippen molar-refractivity contribution in [1.29, 1.82) is 0 Å². The maximum atomic E-state index is 13.8. The summed E-state index contributed by atoms with van der Waals surface area (Å²) in [5, 5.41) is 3.59. The van der Waals surface area contributed by atoms with E-state index in [1.165, 1.54) is 0 Å². The summed E-state index contributed by atoms with van der Waals surface area (Å²) in [6.07, 6.45) is 1.13. The first-order chi connectivity index (χ1) is 10.0. The van der Waals surface area contributed by atoms with E-state index in [1.807, 2.05) is 12.1 Å². The van der Waals surface area contributed by atoms with Crippen LogP contribution in [0.15, 0.2) is 24.3 Å². The SMILES string of the molecule is CCC(C)(C)NCCN1CCN(c2ccccc2F)CC1. The van der Waals surface area contributed by atoms with Gasteiger partial charge in [-0.25, -0.2) is 4.39 Å². The number of nitrogens with zero attached hydrogens (tertiary/aromatic N) is 2. The van der Waals surface area contributed by atoms with Crippen LogP contribution >= 0.6 is 0 Å². The highest BCUT2D eigenvalue weighted by molar-refractivity contribution is 5.47. The van der Waals surface area contributed by atoms with Gasteiger partial charge < -0.3 is 10.2 Å². The normalized spacial score (nSPS) is 17.2. The fraction of sp³-hybridized carbons (Fsp3) is 0.647. The molecule has 1 aromatic rings. The summed E-state index contributed by atoms with van der Waals surface area (Å²) >= 11 is 0. The van der Waals surface area contributed by atoms with Crippen LogP contribution in [0.3, 0.4) is 0 Å². The molecule has 0 aliphatic carbocycles. The van der Waals surface area contributed by atoms with Gasteiger partial charge in [0.15, 0.2) is 0 Å². The van der Waals surface area contributed by atoms with Crippen molar-refractivity contribution in [2.45, 2.75) is 32.7 Å². The van der Waals surface area contributed by atoms with E-state index in [-0.39, 0.29) is 11.4 Å². The largest absolute Gasteiger partial charge is 0.367 e. The highest BCUT2D eigenvalue weighted by atomic mass is 19.1. The number of piperazine rings is 1. The average molecular weight is 293 g/mol. The van der Waals surface area contributed by atoms with Gasteiger partial charge in [-0.15, -0.1) is 0 Å². The zero-order valence-corrected chi connectivity index (χ0v) is 13.5. The predicted molar refractivity (Wildman–Crippen MR) is 87.4 cm³/mol. The number of halogens is 1. The van der Waals surface area contributed by atoms with Gasteiger partial charge >= 0.3 is 0 Å². The van der Waals surface area contributed by atoms with Crippen LogP contribution in [0, 0.1) is 5.82 Å². The Labute approximate surface area is 128 Å². The quantitative estimate of drug-likeness (QED) is 0.870. The maximum Gasteiger partial charge on any atom is 0.146 e. The molecule has 3 nitrogen and oxygen atoms in total. The summed E-state index contributed by atoms with van der Waals surface area (Å²) in [5.74, 6) is -0.114. The fourth-order valence-corrected chi connectivity index (χ4v) is 2.60. The van der Waals surface area contributed by atoms with Gasteiger partial charge in [-0.2, -0.15) is 0 Å². The highest BCUT2D eigenvalue weighted by Crippen LogP contribution is 2.19. The third-order valence-electron chi connectivity index (χ3n) is 4.48. The van der Waals surface area contributed by atoms with Crippen LogP contribution in [0.1, 0.15) is 27.2 Å². The number of nitrogens with one attached hydrogen (secondary N) is 1. The molecule has 0 bridgehead atoms. The molecule has 1 heterocycles. The molecule has 0 radical (unpaired) electrons. The van der Waals surface area contributed by atoms with E-state index in [2.05, 4.69) is 35.9 Å². The molecule has 118 valence electrons. The van der Waals surface area contributed by atoms with Crippen LogP contribution < -0.4 is 10.2 Å². The monoisotopic (exact) mass is 293 g/mol. The van der Waals surface area contributed by atoms with Gasteiger partial charge in [0, 0.05) is 44.8 Å². The summed E-state index contributed by atoms with van der Waals surface area (Å²) in [5.41, 5.74) is 0.956. The van der Waals surface area contributed by atoms with Gasteiger partial charge in [-0.3, -0.25) is 4.90 Å². The molecule has 2 rings (SSSR count). The van der Waals surface area contributed by atoms with Crippen molar-refractivity contribution in [1.82, 2.24) is 10.2 Å². The van der Waals surface area contributed by atoms with Gasteiger partial charge in [0.25, 0.3) is 0 Å². The first-order valence-corrected chi connectivity index (χ1v) is 7.99. The van der Waals surface area contributed by atoms with Crippen LogP contribution in [0.25, 0.3) is 0 Å². The molecule has 0 amide bonds. The van der Waals surface area contributed by atoms with E-state index < -0.39 is 0 Å². The van der Waals surface area contributed by atoms with Crippen LogP contribution in [-0.2, 0) is 0 Å². The van der Waals surface area contributed by atoms with Crippen LogP contribution in [-0.4, -0.2) is 49.7 Å². The number of anilines is 1. The highest BCUT2D eigenvalue weighted by Gasteiger charge is 2.20. The summed E-state index contributed by atoms with van der Waals surface area (Å²) in [4.78, 5) is 4.60. The molecule has 21 heavy (non-hydrogen) atoms. The lowest BCUT2D eigenvalue weighted by atomic mass is 10.0. The average Bonchev–Trinajstić information content (AvgIpc) is 2.48. The lowest BCUT2D eigenvalue weighted by molar-refractivity contribution is 0.243. The smallest absolute Gasteiger partial charge is 0.146 e. The minimum absolute atomic E-state index is 0.114. The molecule has 1 N–H and O–H groups in total. The number of benzene rings is 1. The van der Waals surface area contributed by atoms with Crippen molar-refractivity contribution < 1.29 is 4.39 Å². The van der Waals surface area contributed by atoms with Crippen LogP contribution in [0.4, 0.5) is 10.1 Å². The Hall–Kier alpha value is -1.13. The lowest BCUT2D eigenvalue weighted by Crippen LogP contribution is -2.50. The number of hydrogen-bond donors (Lipinski definition) is 1. The van der Waals surface area contributed by atoms with Crippen molar-refractivity contribution in [2.24, 2.45) is 0 Å². The Morgan fingerprint density at radius 1 is 1.14 bits per heavy atom. The van der Waals surface area contributed by atoms with Crippen molar-refractivity contribution in [3.05, 3.63) is 30.1 Å². The van der Waals surface area contributed by atoms with E-state index in [4.69, 9.17) is 0 Å². The molecule has 1 saturated heterocycles. The third kappa shape index (κ3) is 4.68. The molecule has 0 aromatic heterocycles. The van der Waals surface area contributed by atoms with Gasteiger partial charge in [0.05, 0.1) is 5.69 Å². The van der Waals surface area contributed by atoms with E-state index in [0.717, 1.165) is 51.4 Å². The van der Waals surface area contributed by atoms with E-state index in [1.54, 1.807) is 12.1 Å². The topological polar surface area (TPSA) is 18.5 Å². The molecule has 1 fully saturated rings. The first-order valence-electron chi connectivity index (χ1n) is 7.99. The minimum atomic E-state index is -0.114. The predicted octanol–water partition coefficient (Wildman–Crippen LogP) is 2.73. The minimum Gasteiger partial charge on any atom is -0.367 e. The molecular weight excluding hydrogens is 265 g/mol.